The Morgan fingerprint density at radius 2 is 2.00 bits per heavy atom. The lowest BCUT2D eigenvalue weighted by Crippen LogP contribution is -2.24. The van der Waals surface area contributed by atoms with Gasteiger partial charge >= 0.3 is 0 Å². The Labute approximate surface area is 127 Å². The lowest BCUT2D eigenvalue weighted by Gasteiger charge is -2.05. The molecule has 20 heavy (non-hydrogen) atoms. The van der Waals surface area contributed by atoms with Crippen molar-refractivity contribution in [2.24, 2.45) is 0 Å². The van der Waals surface area contributed by atoms with E-state index in [1.165, 1.54) is 0 Å². The minimum Gasteiger partial charge on any atom is -0.366 e. The van der Waals surface area contributed by atoms with E-state index in [1.54, 1.807) is 7.05 Å². The minimum atomic E-state index is 0.512. The molecule has 6 heteroatoms. The summed E-state index contributed by atoms with van der Waals surface area (Å²) in [6, 6.07) is 7.52. The zero-order valence-electron chi connectivity index (χ0n) is 11.1. The van der Waals surface area contributed by atoms with Gasteiger partial charge in [-0.25, -0.2) is 0 Å². The van der Waals surface area contributed by atoms with Gasteiger partial charge in [0.05, 0.1) is 0 Å². The van der Waals surface area contributed by atoms with Gasteiger partial charge in [0.2, 0.25) is 0 Å². The maximum Gasteiger partial charge on any atom is 0.183 e. The van der Waals surface area contributed by atoms with Gasteiger partial charge in [0.1, 0.15) is 11.4 Å². The van der Waals surface area contributed by atoms with Crippen LogP contribution in [0, 0.1) is 6.92 Å². The predicted molar refractivity (Wildman–Crippen MR) is 86.9 cm³/mol. The zero-order chi connectivity index (χ0) is 14.5. The van der Waals surface area contributed by atoms with Gasteiger partial charge in [0, 0.05) is 12.1 Å². The van der Waals surface area contributed by atoms with Gasteiger partial charge in [-0.3, -0.25) is 0 Å². The highest BCUT2D eigenvalue weighted by molar-refractivity contribution is 7.80. The molecule has 0 aliphatic rings. The molecule has 1 heterocycles. The first kappa shape index (κ1) is 14.6. The summed E-state index contributed by atoms with van der Waals surface area (Å²) in [5.74, 6) is 0.620. The first-order valence-corrected chi connectivity index (χ1v) is 6.77. The molecule has 2 aromatic rings. The molecule has 0 unspecified atom stereocenters. The average Bonchev–Trinajstić information content (AvgIpc) is 2.79. The van der Waals surface area contributed by atoms with Gasteiger partial charge < -0.3 is 15.2 Å². The van der Waals surface area contributed by atoms with E-state index in [0.717, 1.165) is 16.9 Å². The summed E-state index contributed by atoms with van der Waals surface area (Å²) in [6.45, 7) is 1.85. The van der Waals surface area contributed by atoms with Crippen molar-refractivity contribution < 1.29 is 4.52 Å². The van der Waals surface area contributed by atoms with E-state index in [0.29, 0.717) is 15.9 Å². The van der Waals surface area contributed by atoms with Crippen LogP contribution in [0.2, 0.25) is 5.02 Å². The van der Waals surface area contributed by atoms with Crippen LogP contribution >= 0.6 is 23.8 Å². The number of rotatable bonds is 3. The molecule has 0 atom stereocenters. The van der Waals surface area contributed by atoms with Crippen molar-refractivity contribution in [1.82, 2.24) is 10.5 Å². The first-order valence-electron chi connectivity index (χ1n) is 5.99. The molecule has 0 bridgehead atoms. The van der Waals surface area contributed by atoms with Crippen LogP contribution in [-0.2, 0) is 0 Å². The van der Waals surface area contributed by atoms with Crippen LogP contribution in [0.25, 0.3) is 12.2 Å². The number of nitrogens with zero attached hydrogens (tertiary/aromatic N) is 1. The molecule has 2 N–H and O–H groups in total. The van der Waals surface area contributed by atoms with Crippen molar-refractivity contribution in [1.29, 1.82) is 0 Å². The second kappa shape index (κ2) is 6.54. The van der Waals surface area contributed by atoms with Crippen molar-refractivity contribution >= 4 is 46.8 Å². The SMILES string of the molecule is CNC(=S)Nc1c(C)noc1/C=C/c1ccc(Cl)cc1. The fourth-order valence-electron chi connectivity index (χ4n) is 1.57. The Kier molecular flexibility index (Phi) is 4.76. The number of anilines is 1. The highest BCUT2D eigenvalue weighted by Gasteiger charge is 2.11. The maximum absolute atomic E-state index is 5.85. The molecule has 104 valence electrons. The summed E-state index contributed by atoms with van der Waals surface area (Å²) >= 11 is 10.9. The van der Waals surface area contributed by atoms with E-state index < -0.39 is 0 Å². The Morgan fingerprint density at radius 3 is 2.65 bits per heavy atom. The molecule has 0 spiro atoms. The summed E-state index contributed by atoms with van der Waals surface area (Å²) in [7, 11) is 1.75. The topological polar surface area (TPSA) is 50.1 Å². The van der Waals surface area contributed by atoms with Crippen molar-refractivity contribution in [3.63, 3.8) is 0 Å². The Bertz CT molecular complexity index is 634. The molecular weight excluding hydrogens is 294 g/mol. The van der Waals surface area contributed by atoms with Crippen molar-refractivity contribution in [2.45, 2.75) is 6.92 Å². The van der Waals surface area contributed by atoms with Crippen LogP contribution in [0.5, 0.6) is 0 Å². The Morgan fingerprint density at radius 1 is 1.30 bits per heavy atom. The van der Waals surface area contributed by atoms with Crippen LogP contribution in [0.1, 0.15) is 17.0 Å². The first-order chi connectivity index (χ1) is 9.60. The summed E-state index contributed by atoms with van der Waals surface area (Å²) in [4.78, 5) is 0. The molecule has 0 fully saturated rings. The van der Waals surface area contributed by atoms with Gasteiger partial charge in [-0.15, -0.1) is 0 Å². The van der Waals surface area contributed by atoms with E-state index in [2.05, 4.69) is 15.8 Å². The lowest BCUT2D eigenvalue weighted by atomic mass is 10.2. The number of thiocarbonyl (C=S) groups is 1. The number of halogens is 1. The standard InChI is InChI=1S/C14H14ClN3OS/c1-9-13(17-14(20)16-2)12(19-18-9)8-5-10-3-6-11(15)7-4-10/h3-8H,1-2H3,(H2,16,17,20)/b8-5+. The van der Waals surface area contributed by atoms with Crippen LogP contribution in [0.3, 0.4) is 0 Å². The summed E-state index contributed by atoms with van der Waals surface area (Å²) in [5.41, 5.74) is 2.53. The fraction of sp³-hybridized carbons (Fsp3) is 0.143. The summed E-state index contributed by atoms with van der Waals surface area (Å²) in [5, 5.41) is 11.0. The predicted octanol–water partition coefficient (Wildman–Crippen LogP) is 3.72. The molecule has 1 aromatic heterocycles. The third kappa shape index (κ3) is 3.59. The van der Waals surface area contributed by atoms with Crippen LogP contribution in [0.15, 0.2) is 28.8 Å². The number of benzene rings is 1. The summed E-state index contributed by atoms with van der Waals surface area (Å²) in [6.07, 6.45) is 3.76. The van der Waals surface area contributed by atoms with E-state index >= 15 is 0 Å². The molecule has 2 rings (SSSR count). The average molecular weight is 308 g/mol. The maximum atomic E-state index is 5.85. The highest BCUT2D eigenvalue weighted by Crippen LogP contribution is 2.22. The Balaban J connectivity index is 2.21. The smallest absolute Gasteiger partial charge is 0.183 e. The highest BCUT2D eigenvalue weighted by atomic mass is 35.5. The minimum absolute atomic E-state index is 0.512. The number of aromatic nitrogens is 1. The molecule has 0 aliphatic carbocycles. The molecule has 0 amide bonds. The van der Waals surface area contributed by atoms with Gasteiger partial charge in [0.25, 0.3) is 0 Å². The Hall–Kier alpha value is -1.85. The molecule has 0 saturated heterocycles. The van der Waals surface area contributed by atoms with E-state index in [4.69, 9.17) is 28.3 Å². The van der Waals surface area contributed by atoms with Crippen LogP contribution in [-0.4, -0.2) is 17.3 Å². The molecule has 1 aromatic carbocycles. The third-order valence-electron chi connectivity index (χ3n) is 2.65. The van der Waals surface area contributed by atoms with Crippen LogP contribution < -0.4 is 10.6 Å². The second-order valence-corrected chi connectivity index (χ2v) is 4.94. The number of hydrogen-bond acceptors (Lipinski definition) is 3. The fourth-order valence-corrected chi connectivity index (χ4v) is 1.80. The van der Waals surface area contributed by atoms with E-state index in [9.17, 15) is 0 Å². The van der Waals surface area contributed by atoms with Gasteiger partial charge in [0.15, 0.2) is 10.9 Å². The number of hydrogen-bond donors (Lipinski definition) is 2. The number of nitrogens with one attached hydrogen (secondary N) is 2. The van der Waals surface area contributed by atoms with Crippen molar-refractivity contribution in [3.8, 4) is 0 Å². The molecule has 4 nitrogen and oxygen atoms in total. The monoisotopic (exact) mass is 307 g/mol. The van der Waals surface area contributed by atoms with E-state index in [1.807, 2.05) is 43.3 Å². The second-order valence-electron chi connectivity index (χ2n) is 4.10. The van der Waals surface area contributed by atoms with Gasteiger partial charge in [-0.2, -0.15) is 0 Å². The molecule has 0 saturated carbocycles. The normalized spacial score (nSPS) is 10.8. The van der Waals surface area contributed by atoms with Crippen molar-refractivity contribution in [2.75, 3.05) is 12.4 Å². The van der Waals surface area contributed by atoms with Gasteiger partial charge in [-0.1, -0.05) is 35.0 Å². The molecule has 0 radical (unpaired) electrons. The van der Waals surface area contributed by atoms with Crippen LogP contribution in [0.4, 0.5) is 5.69 Å². The quantitative estimate of drug-likeness (QED) is 0.846. The van der Waals surface area contributed by atoms with Gasteiger partial charge in [-0.05, 0) is 42.9 Å². The summed E-state index contributed by atoms with van der Waals surface area (Å²) < 4.78 is 5.27. The molecule has 0 aliphatic heterocycles. The molecular formula is C14H14ClN3OS. The third-order valence-corrected chi connectivity index (χ3v) is 3.21. The number of aryl methyl sites for hydroxylation is 1. The van der Waals surface area contributed by atoms with E-state index in [-0.39, 0.29) is 0 Å². The van der Waals surface area contributed by atoms with Crippen molar-refractivity contribution in [3.05, 3.63) is 46.3 Å². The zero-order valence-corrected chi connectivity index (χ0v) is 12.7. The largest absolute Gasteiger partial charge is 0.366 e. The lowest BCUT2D eigenvalue weighted by molar-refractivity contribution is 0.408.